The monoisotopic (exact) mass is 428 g/mol. The Morgan fingerprint density at radius 1 is 1.17 bits per heavy atom. The van der Waals surface area contributed by atoms with Crippen molar-refractivity contribution in [2.75, 3.05) is 18.6 Å². The molecular weight excluding hydrogens is 408 g/mol. The topological polar surface area (TPSA) is 84.9 Å². The van der Waals surface area contributed by atoms with Crippen molar-refractivity contribution in [3.63, 3.8) is 0 Å². The third-order valence-corrected chi connectivity index (χ3v) is 5.05. The number of nitrogens with zero attached hydrogens (tertiary/aromatic N) is 1. The minimum atomic E-state index is -0.793. The number of amides is 4. The van der Waals surface area contributed by atoms with Crippen molar-refractivity contribution in [3.8, 4) is 11.5 Å². The summed E-state index contributed by atoms with van der Waals surface area (Å²) in [6.45, 7) is 5.89. The zero-order valence-corrected chi connectivity index (χ0v) is 17.8. The molecule has 1 fully saturated rings. The highest BCUT2D eigenvalue weighted by Crippen LogP contribution is 2.37. The number of imide groups is 2. The molecule has 2 aromatic rings. The van der Waals surface area contributed by atoms with Crippen LogP contribution in [0.25, 0.3) is 6.08 Å². The molecule has 4 amide bonds. The van der Waals surface area contributed by atoms with Crippen LogP contribution in [0.3, 0.4) is 0 Å². The second-order valence-electron chi connectivity index (χ2n) is 6.64. The Balaban J connectivity index is 2.07. The Kier molecular flexibility index (Phi) is 6.12. The van der Waals surface area contributed by atoms with Gasteiger partial charge in [0.2, 0.25) is 0 Å². The van der Waals surface area contributed by atoms with E-state index in [4.69, 9.17) is 21.1 Å². The lowest BCUT2D eigenvalue weighted by molar-refractivity contribution is -0.122. The number of aryl methyl sites for hydroxylation is 1. The van der Waals surface area contributed by atoms with Crippen LogP contribution in [0.15, 0.2) is 35.9 Å². The van der Waals surface area contributed by atoms with E-state index in [9.17, 15) is 14.4 Å². The summed E-state index contributed by atoms with van der Waals surface area (Å²) >= 11 is 6.28. The van der Waals surface area contributed by atoms with Gasteiger partial charge in [-0.2, -0.15) is 0 Å². The summed E-state index contributed by atoms with van der Waals surface area (Å²) in [5.74, 6) is -0.769. The van der Waals surface area contributed by atoms with Gasteiger partial charge in [0.15, 0.2) is 11.5 Å². The summed E-state index contributed by atoms with van der Waals surface area (Å²) < 4.78 is 10.8. The van der Waals surface area contributed by atoms with Crippen LogP contribution < -0.4 is 19.7 Å². The van der Waals surface area contributed by atoms with Crippen molar-refractivity contribution in [2.24, 2.45) is 0 Å². The number of halogens is 1. The van der Waals surface area contributed by atoms with Crippen LogP contribution in [0, 0.1) is 13.8 Å². The molecule has 0 unspecified atom stereocenters. The number of urea groups is 1. The number of ether oxygens (including phenoxy) is 2. The molecule has 8 heteroatoms. The van der Waals surface area contributed by atoms with E-state index in [0.717, 1.165) is 16.0 Å². The molecule has 1 saturated heterocycles. The van der Waals surface area contributed by atoms with Gasteiger partial charge in [-0.3, -0.25) is 14.9 Å². The summed E-state index contributed by atoms with van der Waals surface area (Å²) in [5.41, 5.74) is 2.35. The molecule has 1 aliphatic heterocycles. The van der Waals surface area contributed by atoms with E-state index in [1.54, 1.807) is 24.3 Å². The number of methoxy groups -OCH3 is 1. The fraction of sp³-hybridized carbons (Fsp3) is 0.227. The van der Waals surface area contributed by atoms with Gasteiger partial charge < -0.3 is 9.47 Å². The van der Waals surface area contributed by atoms with Crippen LogP contribution in [0.2, 0.25) is 5.02 Å². The fourth-order valence-corrected chi connectivity index (χ4v) is 3.40. The molecule has 1 N–H and O–H groups in total. The minimum absolute atomic E-state index is 0.196. The van der Waals surface area contributed by atoms with Crippen LogP contribution in [0.1, 0.15) is 23.6 Å². The maximum atomic E-state index is 13.1. The predicted molar refractivity (Wildman–Crippen MR) is 114 cm³/mol. The molecule has 0 atom stereocenters. The average molecular weight is 429 g/mol. The third kappa shape index (κ3) is 3.89. The molecule has 0 aliphatic carbocycles. The van der Waals surface area contributed by atoms with Gasteiger partial charge in [0.25, 0.3) is 11.8 Å². The molecule has 2 aromatic carbocycles. The molecule has 7 nitrogen and oxygen atoms in total. The fourth-order valence-electron chi connectivity index (χ4n) is 3.13. The van der Waals surface area contributed by atoms with Crippen molar-refractivity contribution in [2.45, 2.75) is 20.8 Å². The van der Waals surface area contributed by atoms with Crippen molar-refractivity contribution < 1.29 is 23.9 Å². The number of benzene rings is 2. The van der Waals surface area contributed by atoms with Crippen molar-refractivity contribution >= 4 is 41.2 Å². The molecule has 1 heterocycles. The standard InChI is InChI=1S/C22H21ClN2O5/c1-5-30-19-16(23)10-14(11-18(19)29-4)9-15-20(26)24-22(28)25(21(15)27)17-8-6-7-12(2)13(17)3/h6-11H,5H2,1-4H3,(H,24,26,28)/b15-9+. The van der Waals surface area contributed by atoms with Gasteiger partial charge >= 0.3 is 6.03 Å². The first-order chi connectivity index (χ1) is 14.3. The van der Waals surface area contributed by atoms with Crippen molar-refractivity contribution in [3.05, 3.63) is 57.6 Å². The highest BCUT2D eigenvalue weighted by molar-refractivity contribution is 6.39. The van der Waals surface area contributed by atoms with E-state index in [1.807, 2.05) is 26.8 Å². The molecule has 3 rings (SSSR count). The summed E-state index contributed by atoms with van der Waals surface area (Å²) in [6, 6.07) is 7.64. The van der Waals surface area contributed by atoms with Crippen LogP contribution >= 0.6 is 11.6 Å². The smallest absolute Gasteiger partial charge is 0.335 e. The van der Waals surface area contributed by atoms with E-state index in [1.165, 1.54) is 13.2 Å². The van der Waals surface area contributed by atoms with E-state index >= 15 is 0 Å². The maximum Gasteiger partial charge on any atom is 0.335 e. The normalized spacial score (nSPS) is 15.4. The van der Waals surface area contributed by atoms with E-state index in [0.29, 0.717) is 29.4 Å². The van der Waals surface area contributed by atoms with Crippen molar-refractivity contribution in [1.29, 1.82) is 0 Å². The van der Waals surface area contributed by atoms with Gasteiger partial charge in [-0.25, -0.2) is 9.69 Å². The third-order valence-electron chi connectivity index (χ3n) is 4.77. The van der Waals surface area contributed by atoms with Crippen LogP contribution in [0.4, 0.5) is 10.5 Å². The molecule has 1 aliphatic rings. The minimum Gasteiger partial charge on any atom is -0.493 e. The van der Waals surface area contributed by atoms with Gasteiger partial charge in [0.05, 0.1) is 24.4 Å². The largest absolute Gasteiger partial charge is 0.493 e. The highest BCUT2D eigenvalue weighted by atomic mass is 35.5. The average Bonchev–Trinajstić information content (AvgIpc) is 2.70. The summed E-state index contributed by atoms with van der Waals surface area (Å²) in [7, 11) is 1.46. The number of carbonyl (C=O) groups is 3. The number of hydrogen-bond acceptors (Lipinski definition) is 5. The maximum absolute atomic E-state index is 13.1. The summed E-state index contributed by atoms with van der Waals surface area (Å²) in [5, 5.41) is 2.49. The molecule has 30 heavy (non-hydrogen) atoms. The first-order valence-electron chi connectivity index (χ1n) is 9.26. The van der Waals surface area contributed by atoms with Crippen LogP contribution in [-0.4, -0.2) is 31.6 Å². The Labute approximate surface area is 179 Å². The highest BCUT2D eigenvalue weighted by Gasteiger charge is 2.37. The zero-order chi connectivity index (χ0) is 22.0. The van der Waals surface area contributed by atoms with Gasteiger partial charge in [0.1, 0.15) is 5.57 Å². The number of nitrogens with one attached hydrogen (secondary N) is 1. The van der Waals surface area contributed by atoms with Gasteiger partial charge in [-0.15, -0.1) is 0 Å². The lowest BCUT2D eigenvalue weighted by Gasteiger charge is -2.28. The Morgan fingerprint density at radius 3 is 2.57 bits per heavy atom. The van der Waals surface area contributed by atoms with E-state index in [-0.39, 0.29) is 10.6 Å². The van der Waals surface area contributed by atoms with Crippen LogP contribution in [0.5, 0.6) is 11.5 Å². The molecule has 0 aromatic heterocycles. The molecular formula is C22H21ClN2O5. The van der Waals surface area contributed by atoms with Crippen LogP contribution in [-0.2, 0) is 9.59 Å². The van der Waals surface area contributed by atoms with Crippen molar-refractivity contribution in [1.82, 2.24) is 5.32 Å². The predicted octanol–water partition coefficient (Wildman–Crippen LogP) is 4.03. The molecule has 0 radical (unpaired) electrons. The van der Waals surface area contributed by atoms with Gasteiger partial charge in [-0.1, -0.05) is 23.7 Å². The number of carbonyl (C=O) groups excluding carboxylic acids is 3. The lowest BCUT2D eigenvalue weighted by atomic mass is 10.0. The zero-order valence-electron chi connectivity index (χ0n) is 17.0. The molecule has 0 saturated carbocycles. The molecule has 0 bridgehead atoms. The van der Waals surface area contributed by atoms with E-state index in [2.05, 4.69) is 5.32 Å². The number of rotatable bonds is 5. The Morgan fingerprint density at radius 2 is 1.90 bits per heavy atom. The lowest BCUT2D eigenvalue weighted by Crippen LogP contribution is -2.54. The number of hydrogen-bond donors (Lipinski definition) is 1. The van der Waals surface area contributed by atoms with Gasteiger partial charge in [-0.05, 0) is 61.7 Å². The first kappa shape index (κ1) is 21.4. The van der Waals surface area contributed by atoms with Gasteiger partial charge in [0, 0.05) is 0 Å². The quantitative estimate of drug-likeness (QED) is 0.574. The number of anilines is 1. The Hall–Kier alpha value is -3.32. The van der Waals surface area contributed by atoms with E-state index < -0.39 is 17.8 Å². The molecule has 0 spiro atoms. The Bertz CT molecular complexity index is 1080. The second kappa shape index (κ2) is 8.59. The number of barbiturate groups is 1. The SMILES string of the molecule is CCOc1c(Cl)cc(/C=C2\C(=O)NC(=O)N(c3cccc(C)c3C)C2=O)cc1OC. The summed E-state index contributed by atoms with van der Waals surface area (Å²) in [4.78, 5) is 38.9. The molecule has 156 valence electrons. The summed E-state index contributed by atoms with van der Waals surface area (Å²) in [6.07, 6.45) is 1.37. The first-order valence-corrected chi connectivity index (χ1v) is 9.64. The second-order valence-corrected chi connectivity index (χ2v) is 7.05.